The van der Waals surface area contributed by atoms with Gasteiger partial charge in [0.15, 0.2) is 0 Å². The molecule has 0 amide bonds. The minimum absolute atomic E-state index is 0.542. The topological polar surface area (TPSA) is 21.3 Å². The molecular formula is C7H13NO. The van der Waals surface area contributed by atoms with Gasteiger partial charge in [-0.05, 0) is 26.3 Å². The Morgan fingerprint density at radius 3 is 2.67 bits per heavy atom. The van der Waals surface area contributed by atoms with Crippen molar-refractivity contribution in [3.8, 4) is 0 Å². The SMILES string of the molecule is CN[C@H]1C[C@H]2CC[C@H]1O2. The van der Waals surface area contributed by atoms with Gasteiger partial charge >= 0.3 is 0 Å². The molecule has 2 nitrogen and oxygen atoms in total. The Morgan fingerprint density at radius 2 is 2.33 bits per heavy atom. The first-order valence-corrected chi connectivity index (χ1v) is 3.73. The monoisotopic (exact) mass is 127 g/mol. The van der Waals surface area contributed by atoms with Crippen LogP contribution < -0.4 is 5.32 Å². The first kappa shape index (κ1) is 5.69. The van der Waals surface area contributed by atoms with Gasteiger partial charge in [-0.3, -0.25) is 0 Å². The Bertz CT molecular complexity index is 115. The Morgan fingerprint density at radius 1 is 1.44 bits per heavy atom. The molecule has 0 aliphatic carbocycles. The van der Waals surface area contributed by atoms with E-state index in [0.29, 0.717) is 18.2 Å². The summed E-state index contributed by atoms with van der Waals surface area (Å²) < 4.78 is 5.61. The highest BCUT2D eigenvalue weighted by Crippen LogP contribution is 2.33. The normalized spacial score (nSPS) is 48.3. The minimum Gasteiger partial charge on any atom is -0.373 e. The van der Waals surface area contributed by atoms with Crippen molar-refractivity contribution in [1.82, 2.24) is 5.32 Å². The van der Waals surface area contributed by atoms with Gasteiger partial charge in [-0.1, -0.05) is 0 Å². The van der Waals surface area contributed by atoms with Gasteiger partial charge in [-0.2, -0.15) is 0 Å². The Labute approximate surface area is 55.6 Å². The zero-order valence-electron chi connectivity index (χ0n) is 5.76. The number of nitrogens with one attached hydrogen (secondary N) is 1. The summed E-state index contributed by atoms with van der Waals surface area (Å²) in [6.45, 7) is 0. The van der Waals surface area contributed by atoms with Gasteiger partial charge in [-0.25, -0.2) is 0 Å². The lowest BCUT2D eigenvalue weighted by atomic mass is 9.96. The summed E-state index contributed by atoms with van der Waals surface area (Å²) in [6.07, 6.45) is 4.94. The lowest BCUT2D eigenvalue weighted by Crippen LogP contribution is -2.34. The van der Waals surface area contributed by atoms with E-state index in [1.165, 1.54) is 19.3 Å². The predicted octanol–water partition coefficient (Wildman–Crippen LogP) is 0.526. The van der Waals surface area contributed by atoms with Gasteiger partial charge in [0, 0.05) is 6.04 Å². The van der Waals surface area contributed by atoms with Crippen LogP contribution in [0.4, 0.5) is 0 Å². The molecule has 52 valence electrons. The van der Waals surface area contributed by atoms with Crippen LogP contribution in [-0.2, 0) is 4.74 Å². The second kappa shape index (κ2) is 1.96. The summed E-state index contributed by atoms with van der Waals surface area (Å²) in [7, 11) is 2.02. The maximum absolute atomic E-state index is 5.61. The highest BCUT2D eigenvalue weighted by atomic mass is 16.5. The molecule has 0 radical (unpaired) electrons. The van der Waals surface area contributed by atoms with E-state index in [0.717, 1.165) is 0 Å². The molecule has 2 heteroatoms. The van der Waals surface area contributed by atoms with Crippen molar-refractivity contribution in [3.63, 3.8) is 0 Å². The number of likely N-dealkylation sites (N-methyl/N-ethyl adjacent to an activating group) is 1. The van der Waals surface area contributed by atoms with Crippen molar-refractivity contribution in [1.29, 1.82) is 0 Å². The van der Waals surface area contributed by atoms with E-state index < -0.39 is 0 Å². The zero-order valence-corrected chi connectivity index (χ0v) is 5.76. The molecule has 2 rings (SSSR count). The van der Waals surface area contributed by atoms with Gasteiger partial charge < -0.3 is 10.1 Å². The van der Waals surface area contributed by atoms with Gasteiger partial charge in [0.25, 0.3) is 0 Å². The fraction of sp³-hybridized carbons (Fsp3) is 1.00. The molecule has 2 saturated heterocycles. The second-order valence-electron chi connectivity index (χ2n) is 3.00. The van der Waals surface area contributed by atoms with Crippen LogP contribution in [0.5, 0.6) is 0 Å². The summed E-state index contributed by atoms with van der Waals surface area (Å²) in [5.74, 6) is 0. The van der Waals surface area contributed by atoms with Crippen molar-refractivity contribution >= 4 is 0 Å². The van der Waals surface area contributed by atoms with Gasteiger partial charge in [0.2, 0.25) is 0 Å². The number of hydrogen-bond acceptors (Lipinski definition) is 2. The van der Waals surface area contributed by atoms with Crippen LogP contribution in [0, 0.1) is 0 Å². The average molecular weight is 127 g/mol. The summed E-state index contributed by atoms with van der Waals surface area (Å²) in [4.78, 5) is 0. The number of ether oxygens (including phenoxy) is 1. The molecule has 0 saturated carbocycles. The molecule has 3 atom stereocenters. The van der Waals surface area contributed by atoms with Crippen LogP contribution in [0.15, 0.2) is 0 Å². The maximum atomic E-state index is 5.61. The lowest BCUT2D eigenvalue weighted by Gasteiger charge is -2.16. The third kappa shape index (κ3) is 0.775. The summed E-state index contributed by atoms with van der Waals surface area (Å²) in [5.41, 5.74) is 0. The molecule has 2 aliphatic rings. The predicted molar refractivity (Wildman–Crippen MR) is 35.4 cm³/mol. The maximum Gasteiger partial charge on any atom is 0.0733 e. The van der Waals surface area contributed by atoms with E-state index in [1.54, 1.807) is 0 Å². The van der Waals surface area contributed by atoms with Crippen molar-refractivity contribution in [2.75, 3.05) is 7.05 Å². The Balaban J connectivity index is 2.01. The van der Waals surface area contributed by atoms with Gasteiger partial charge in [0.1, 0.15) is 0 Å². The quantitative estimate of drug-likeness (QED) is 0.554. The van der Waals surface area contributed by atoms with Gasteiger partial charge in [0.05, 0.1) is 12.2 Å². The van der Waals surface area contributed by atoms with Crippen LogP contribution in [0.2, 0.25) is 0 Å². The summed E-state index contributed by atoms with van der Waals surface area (Å²) in [6, 6.07) is 0.656. The van der Waals surface area contributed by atoms with Crippen molar-refractivity contribution in [3.05, 3.63) is 0 Å². The largest absolute Gasteiger partial charge is 0.373 e. The van der Waals surface area contributed by atoms with E-state index in [9.17, 15) is 0 Å². The Kier molecular flexibility index (Phi) is 1.24. The first-order chi connectivity index (χ1) is 4.40. The van der Waals surface area contributed by atoms with E-state index in [4.69, 9.17) is 4.74 Å². The molecule has 1 N–H and O–H groups in total. The highest BCUT2D eigenvalue weighted by Gasteiger charge is 2.39. The summed E-state index contributed by atoms with van der Waals surface area (Å²) in [5, 5.41) is 3.27. The van der Waals surface area contributed by atoms with Crippen LogP contribution in [0.1, 0.15) is 19.3 Å². The molecule has 0 aromatic carbocycles. The van der Waals surface area contributed by atoms with Crippen molar-refractivity contribution < 1.29 is 4.74 Å². The molecule has 2 fully saturated rings. The highest BCUT2D eigenvalue weighted by molar-refractivity contribution is 4.92. The number of fused-ring (bicyclic) bond motifs is 2. The van der Waals surface area contributed by atoms with E-state index in [1.807, 2.05) is 7.05 Å². The van der Waals surface area contributed by atoms with Crippen LogP contribution in [0.3, 0.4) is 0 Å². The fourth-order valence-electron chi connectivity index (χ4n) is 1.94. The van der Waals surface area contributed by atoms with Crippen molar-refractivity contribution in [2.24, 2.45) is 0 Å². The average Bonchev–Trinajstić information content (AvgIpc) is 2.45. The van der Waals surface area contributed by atoms with Crippen LogP contribution in [0.25, 0.3) is 0 Å². The molecule has 0 unspecified atom stereocenters. The summed E-state index contributed by atoms with van der Waals surface area (Å²) >= 11 is 0. The van der Waals surface area contributed by atoms with Crippen LogP contribution >= 0.6 is 0 Å². The molecule has 9 heavy (non-hydrogen) atoms. The minimum atomic E-state index is 0.542. The molecule has 2 bridgehead atoms. The lowest BCUT2D eigenvalue weighted by molar-refractivity contribution is 0.0983. The van der Waals surface area contributed by atoms with Crippen molar-refractivity contribution in [2.45, 2.75) is 37.5 Å². The zero-order chi connectivity index (χ0) is 6.27. The van der Waals surface area contributed by atoms with E-state index in [-0.39, 0.29) is 0 Å². The molecule has 0 aromatic heterocycles. The standard InChI is InChI=1S/C7H13NO/c1-8-6-4-5-2-3-7(6)9-5/h5-8H,2-4H2,1H3/t5-,6+,7-/m1/s1. The van der Waals surface area contributed by atoms with E-state index in [2.05, 4.69) is 5.32 Å². The second-order valence-corrected chi connectivity index (χ2v) is 3.00. The fourth-order valence-corrected chi connectivity index (χ4v) is 1.94. The Hall–Kier alpha value is -0.0800. The number of hydrogen-bond donors (Lipinski definition) is 1. The number of rotatable bonds is 1. The molecule has 0 aromatic rings. The third-order valence-corrected chi connectivity index (χ3v) is 2.48. The van der Waals surface area contributed by atoms with Gasteiger partial charge in [-0.15, -0.1) is 0 Å². The molecular weight excluding hydrogens is 114 g/mol. The molecule has 2 heterocycles. The molecule has 2 aliphatic heterocycles. The van der Waals surface area contributed by atoms with E-state index >= 15 is 0 Å². The smallest absolute Gasteiger partial charge is 0.0733 e. The third-order valence-electron chi connectivity index (χ3n) is 2.48. The molecule has 0 spiro atoms. The first-order valence-electron chi connectivity index (χ1n) is 3.73. The van der Waals surface area contributed by atoms with Crippen LogP contribution in [-0.4, -0.2) is 25.3 Å².